The first kappa shape index (κ1) is 19.0. The summed E-state index contributed by atoms with van der Waals surface area (Å²) in [6, 6.07) is 11.8. The first-order valence-corrected chi connectivity index (χ1v) is 8.81. The molecule has 1 fully saturated rings. The summed E-state index contributed by atoms with van der Waals surface area (Å²) in [4.78, 5) is 18.1. The van der Waals surface area contributed by atoms with Crippen LogP contribution in [0.4, 0.5) is 18.9 Å². The Morgan fingerprint density at radius 2 is 1.97 bits per heavy atom. The molecule has 1 unspecified atom stereocenters. The van der Waals surface area contributed by atoms with Gasteiger partial charge >= 0.3 is 6.18 Å². The average molecular weight is 403 g/mol. The molecule has 4 rings (SSSR count). The van der Waals surface area contributed by atoms with Crippen molar-refractivity contribution in [3.63, 3.8) is 0 Å². The number of aromatic nitrogens is 2. The van der Waals surface area contributed by atoms with Gasteiger partial charge in [0.2, 0.25) is 17.6 Å². The SMILES string of the molecule is COc1cccc(-c2noc(C3CC(=O)N(c4cccc(C(F)(F)F)c4)C3)n2)c1. The molecule has 1 amide bonds. The van der Waals surface area contributed by atoms with E-state index in [-0.39, 0.29) is 30.5 Å². The van der Waals surface area contributed by atoms with E-state index in [2.05, 4.69) is 10.1 Å². The fraction of sp³-hybridized carbons (Fsp3) is 0.250. The maximum atomic E-state index is 13.0. The predicted octanol–water partition coefficient (Wildman–Crippen LogP) is 4.28. The standard InChI is InChI=1S/C20H16F3N3O3/c1-28-16-7-2-4-12(8-16)18-24-19(29-25-18)13-9-17(27)26(11-13)15-6-3-5-14(10-15)20(21,22)23/h2-8,10,13H,9,11H2,1H3. The van der Waals surface area contributed by atoms with E-state index in [1.807, 2.05) is 0 Å². The molecule has 0 radical (unpaired) electrons. The molecule has 0 bridgehead atoms. The van der Waals surface area contributed by atoms with Gasteiger partial charge in [-0.25, -0.2) is 0 Å². The molecule has 150 valence electrons. The minimum atomic E-state index is -4.48. The molecule has 1 atom stereocenters. The third kappa shape index (κ3) is 3.80. The average Bonchev–Trinajstić information content (AvgIpc) is 3.34. The van der Waals surface area contributed by atoms with Crippen LogP contribution in [0.5, 0.6) is 5.75 Å². The van der Waals surface area contributed by atoms with Crippen LogP contribution < -0.4 is 9.64 Å². The quantitative estimate of drug-likeness (QED) is 0.650. The summed E-state index contributed by atoms with van der Waals surface area (Å²) < 4.78 is 49.4. The first-order valence-electron chi connectivity index (χ1n) is 8.81. The second-order valence-corrected chi connectivity index (χ2v) is 6.64. The Bertz CT molecular complexity index is 1050. The fourth-order valence-corrected chi connectivity index (χ4v) is 3.25. The fourth-order valence-electron chi connectivity index (χ4n) is 3.25. The van der Waals surface area contributed by atoms with Crippen LogP contribution in [0, 0.1) is 0 Å². The molecule has 1 aliphatic rings. The molecular weight excluding hydrogens is 387 g/mol. The van der Waals surface area contributed by atoms with Crippen molar-refractivity contribution < 1.29 is 27.2 Å². The Hall–Kier alpha value is -3.36. The van der Waals surface area contributed by atoms with Gasteiger partial charge in [0.1, 0.15) is 5.75 Å². The van der Waals surface area contributed by atoms with E-state index in [9.17, 15) is 18.0 Å². The summed E-state index contributed by atoms with van der Waals surface area (Å²) in [5.74, 6) is 0.564. The number of carbonyl (C=O) groups is 1. The number of anilines is 1. The largest absolute Gasteiger partial charge is 0.497 e. The predicted molar refractivity (Wildman–Crippen MR) is 97.4 cm³/mol. The van der Waals surface area contributed by atoms with Crippen LogP contribution in [0.1, 0.15) is 23.8 Å². The lowest BCUT2D eigenvalue weighted by Crippen LogP contribution is -2.24. The molecule has 0 aliphatic carbocycles. The van der Waals surface area contributed by atoms with Crippen LogP contribution in [0.2, 0.25) is 0 Å². The summed E-state index contributed by atoms with van der Waals surface area (Å²) in [5.41, 5.74) is 0.0858. The number of halogens is 3. The summed E-state index contributed by atoms with van der Waals surface area (Å²) in [7, 11) is 1.55. The first-order chi connectivity index (χ1) is 13.8. The van der Waals surface area contributed by atoms with E-state index in [0.29, 0.717) is 17.1 Å². The number of carbonyl (C=O) groups excluding carboxylic acids is 1. The molecule has 0 saturated carbocycles. The second kappa shape index (κ2) is 7.23. The zero-order chi connectivity index (χ0) is 20.6. The number of nitrogens with zero attached hydrogens (tertiary/aromatic N) is 3. The van der Waals surface area contributed by atoms with Gasteiger partial charge in [0.25, 0.3) is 0 Å². The van der Waals surface area contributed by atoms with Crippen molar-refractivity contribution >= 4 is 11.6 Å². The van der Waals surface area contributed by atoms with E-state index in [4.69, 9.17) is 9.26 Å². The van der Waals surface area contributed by atoms with Crippen molar-refractivity contribution in [2.75, 3.05) is 18.6 Å². The van der Waals surface area contributed by atoms with Gasteiger partial charge in [0.15, 0.2) is 0 Å². The number of ether oxygens (including phenoxy) is 1. The molecule has 3 aromatic rings. The third-order valence-corrected chi connectivity index (χ3v) is 4.73. The molecule has 2 aromatic carbocycles. The number of hydrogen-bond donors (Lipinski definition) is 0. The maximum Gasteiger partial charge on any atom is 0.416 e. The number of hydrogen-bond acceptors (Lipinski definition) is 5. The van der Waals surface area contributed by atoms with Crippen molar-refractivity contribution in [2.24, 2.45) is 0 Å². The monoisotopic (exact) mass is 403 g/mol. The third-order valence-electron chi connectivity index (χ3n) is 4.73. The van der Waals surface area contributed by atoms with Gasteiger partial charge in [-0.15, -0.1) is 0 Å². The Labute approximate surface area is 163 Å². The minimum absolute atomic E-state index is 0.0794. The molecule has 1 aliphatic heterocycles. The zero-order valence-electron chi connectivity index (χ0n) is 15.3. The van der Waals surface area contributed by atoms with Crippen molar-refractivity contribution in [2.45, 2.75) is 18.5 Å². The minimum Gasteiger partial charge on any atom is -0.497 e. The lowest BCUT2D eigenvalue weighted by Gasteiger charge is -2.17. The number of methoxy groups -OCH3 is 1. The van der Waals surface area contributed by atoms with Gasteiger partial charge in [-0.3, -0.25) is 4.79 Å². The van der Waals surface area contributed by atoms with Gasteiger partial charge in [-0.1, -0.05) is 23.4 Å². The van der Waals surface area contributed by atoms with Gasteiger partial charge in [-0.2, -0.15) is 18.2 Å². The Morgan fingerprint density at radius 3 is 2.72 bits per heavy atom. The van der Waals surface area contributed by atoms with E-state index < -0.39 is 17.7 Å². The zero-order valence-corrected chi connectivity index (χ0v) is 15.3. The summed E-state index contributed by atoms with van der Waals surface area (Å²) in [6.07, 6.45) is -4.40. The van der Waals surface area contributed by atoms with Gasteiger partial charge < -0.3 is 14.2 Å². The topological polar surface area (TPSA) is 68.5 Å². The summed E-state index contributed by atoms with van der Waals surface area (Å²) in [6.45, 7) is 0.167. The maximum absolute atomic E-state index is 13.0. The van der Waals surface area contributed by atoms with Crippen LogP contribution in [0.15, 0.2) is 53.1 Å². The number of benzene rings is 2. The van der Waals surface area contributed by atoms with Crippen LogP contribution in [-0.2, 0) is 11.0 Å². The molecule has 9 heteroatoms. The van der Waals surface area contributed by atoms with Gasteiger partial charge in [-0.05, 0) is 30.3 Å². The second-order valence-electron chi connectivity index (χ2n) is 6.64. The van der Waals surface area contributed by atoms with E-state index >= 15 is 0 Å². The van der Waals surface area contributed by atoms with Gasteiger partial charge in [0, 0.05) is 24.2 Å². The summed E-state index contributed by atoms with van der Waals surface area (Å²) in [5, 5.41) is 3.96. The van der Waals surface area contributed by atoms with Gasteiger partial charge in [0.05, 0.1) is 18.6 Å². The van der Waals surface area contributed by atoms with Crippen molar-refractivity contribution in [3.05, 3.63) is 60.0 Å². The van der Waals surface area contributed by atoms with E-state index in [1.165, 1.54) is 17.0 Å². The molecule has 0 spiro atoms. The highest BCUT2D eigenvalue weighted by Gasteiger charge is 2.37. The van der Waals surface area contributed by atoms with E-state index in [0.717, 1.165) is 12.1 Å². The molecule has 6 nitrogen and oxygen atoms in total. The highest BCUT2D eigenvalue weighted by atomic mass is 19.4. The Kier molecular flexibility index (Phi) is 4.73. The number of alkyl halides is 3. The normalized spacial score (nSPS) is 17.0. The number of rotatable bonds is 4. The van der Waals surface area contributed by atoms with Crippen molar-refractivity contribution in [3.8, 4) is 17.1 Å². The molecule has 1 aromatic heterocycles. The Morgan fingerprint density at radius 1 is 1.17 bits per heavy atom. The highest BCUT2D eigenvalue weighted by molar-refractivity contribution is 5.96. The summed E-state index contributed by atoms with van der Waals surface area (Å²) >= 11 is 0. The molecule has 0 N–H and O–H groups in total. The molecule has 29 heavy (non-hydrogen) atoms. The molecule has 2 heterocycles. The van der Waals surface area contributed by atoms with Crippen molar-refractivity contribution in [1.82, 2.24) is 10.1 Å². The van der Waals surface area contributed by atoms with Crippen LogP contribution in [-0.4, -0.2) is 29.7 Å². The van der Waals surface area contributed by atoms with Crippen LogP contribution in [0.25, 0.3) is 11.4 Å². The number of amides is 1. The molecule has 1 saturated heterocycles. The van der Waals surface area contributed by atoms with Crippen LogP contribution in [0.3, 0.4) is 0 Å². The highest BCUT2D eigenvalue weighted by Crippen LogP contribution is 2.35. The smallest absolute Gasteiger partial charge is 0.416 e. The van der Waals surface area contributed by atoms with Crippen LogP contribution >= 0.6 is 0 Å². The lowest BCUT2D eigenvalue weighted by atomic mass is 10.1. The molecular formula is C20H16F3N3O3. The Balaban J connectivity index is 1.55. The van der Waals surface area contributed by atoms with Crippen molar-refractivity contribution in [1.29, 1.82) is 0 Å². The van der Waals surface area contributed by atoms with E-state index in [1.54, 1.807) is 31.4 Å². The lowest BCUT2D eigenvalue weighted by molar-refractivity contribution is -0.137.